The second-order valence-corrected chi connectivity index (χ2v) is 6.35. The molecule has 0 saturated heterocycles. The maximum absolute atomic E-state index is 11.8. The largest absolute Gasteiger partial charge is 0.466 e. The van der Waals surface area contributed by atoms with Crippen molar-refractivity contribution < 1.29 is 33.3 Å². The average molecular weight is 384 g/mol. The minimum absolute atomic E-state index is 0.0747. The van der Waals surface area contributed by atoms with Crippen molar-refractivity contribution in [3.8, 4) is 0 Å². The summed E-state index contributed by atoms with van der Waals surface area (Å²) in [4.78, 5) is 22.7. The normalized spacial score (nSPS) is 23.3. The first-order chi connectivity index (χ1) is 13.0. The first kappa shape index (κ1) is 23.3. The van der Waals surface area contributed by atoms with Gasteiger partial charge in [0, 0.05) is 14.0 Å². The van der Waals surface area contributed by atoms with Crippen LogP contribution in [-0.4, -0.2) is 56.9 Å². The zero-order valence-corrected chi connectivity index (χ0v) is 16.7. The fraction of sp³-hybridized carbons (Fsp3) is 0.700. The molecule has 27 heavy (non-hydrogen) atoms. The highest BCUT2D eigenvalue weighted by molar-refractivity contribution is 5.70. The summed E-state index contributed by atoms with van der Waals surface area (Å²) >= 11 is 0. The molecule has 0 aliphatic carbocycles. The molecule has 0 amide bonds. The number of methoxy groups -OCH3 is 1. The molecule has 0 radical (unpaired) electrons. The molecular formula is C20H32O7. The minimum Gasteiger partial charge on any atom is -0.466 e. The van der Waals surface area contributed by atoms with E-state index in [-0.39, 0.29) is 43.5 Å². The van der Waals surface area contributed by atoms with Gasteiger partial charge in [0.1, 0.15) is 12.9 Å². The molecule has 7 heteroatoms. The summed E-state index contributed by atoms with van der Waals surface area (Å²) in [5.41, 5.74) is 0. The van der Waals surface area contributed by atoms with Crippen molar-refractivity contribution >= 4 is 11.9 Å². The van der Waals surface area contributed by atoms with Gasteiger partial charge in [-0.25, -0.2) is 0 Å². The van der Waals surface area contributed by atoms with Gasteiger partial charge < -0.3 is 23.7 Å². The van der Waals surface area contributed by atoms with Gasteiger partial charge in [0.2, 0.25) is 0 Å². The lowest BCUT2D eigenvalue weighted by atomic mass is 10.0. The second-order valence-electron chi connectivity index (χ2n) is 6.35. The van der Waals surface area contributed by atoms with Crippen LogP contribution in [0.15, 0.2) is 24.3 Å². The number of carbonyl (C=O) groups is 2. The molecule has 0 fully saturated rings. The topological polar surface area (TPSA) is 80.3 Å². The minimum atomic E-state index is -0.428. The third kappa shape index (κ3) is 10.3. The Kier molecular flexibility index (Phi) is 11.6. The molecule has 0 aromatic rings. The molecule has 0 unspecified atom stereocenters. The van der Waals surface area contributed by atoms with Crippen LogP contribution in [0.2, 0.25) is 0 Å². The van der Waals surface area contributed by atoms with Crippen molar-refractivity contribution in [3.63, 3.8) is 0 Å². The van der Waals surface area contributed by atoms with Crippen molar-refractivity contribution in [2.45, 2.75) is 70.9 Å². The number of rotatable bonds is 12. The zero-order chi connectivity index (χ0) is 20.1. The predicted molar refractivity (Wildman–Crippen MR) is 100 cm³/mol. The highest BCUT2D eigenvalue weighted by atomic mass is 16.7. The first-order valence-corrected chi connectivity index (χ1v) is 9.40. The van der Waals surface area contributed by atoms with E-state index in [9.17, 15) is 9.59 Å². The zero-order valence-electron chi connectivity index (χ0n) is 16.7. The van der Waals surface area contributed by atoms with E-state index in [0.29, 0.717) is 6.61 Å². The van der Waals surface area contributed by atoms with E-state index >= 15 is 0 Å². The number of hydrogen-bond acceptors (Lipinski definition) is 7. The molecule has 0 aromatic heterocycles. The molecule has 1 heterocycles. The summed E-state index contributed by atoms with van der Waals surface area (Å²) in [7, 11) is 1.54. The molecular weight excluding hydrogens is 352 g/mol. The first-order valence-electron chi connectivity index (χ1n) is 9.40. The average Bonchev–Trinajstić information content (AvgIpc) is 2.60. The number of unbranched alkanes of at least 4 members (excludes halogenated alkanes) is 1. The molecule has 1 aliphatic rings. The lowest BCUT2D eigenvalue weighted by molar-refractivity contribution is -0.156. The van der Waals surface area contributed by atoms with Crippen molar-refractivity contribution in [3.05, 3.63) is 24.3 Å². The van der Waals surface area contributed by atoms with Gasteiger partial charge in [-0.2, -0.15) is 0 Å². The Balaban J connectivity index is 2.48. The predicted octanol–water partition coefficient (Wildman–Crippen LogP) is 2.93. The second kappa shape index (κ2) is 13.5. The fourth-order valence-corrected chi connectivity index (χ4v) is 2.73. The third-order valence-corrected chi connectivity index (χ3v) is 3.91. The van der Waals surface area contributed by atoms with E-state index in [2.05, 4.69) is 0 Å². The summed E-state index contributed by atoms with van der Waals surface area (Å²) in [6.07, 6.45) is 9.40. The molecule has 0 spiro atoms. The Bertz CT molecular complexity index is 501. The molecule has 4 atom stereocenters. The van der Waals surface area contributed by atoms with Gasteiger partial charge in [-0.05, 0) is 33.1 Å². The smallest absolute Gasteiger partial charge is 0.308 e. The van der Waals surface area contributed by atoms with Crippen LogP contribution >= 0.6 is 0 Å². The summed E-state index contributed by atoms with van der Waals surface area (Å²) in [6, 6.07) is 0. The van der Waals surface area contributed by atoms with Crippen molar-refractivity contribution in [1.82, 2.24) is 0 Å². The molecule has 1 rings (SSSR count). The Morgan fingerprint density at radius 1 is 1.30 bits per heavy atom. The Morgan fingerprint density at radius 2 is 2.07 bits per heavy atom. The van der Waals surface area contributed by atoms with E-state index in [1.807, 2.05) is 31.2 Å². The molecule has 154 valence electrons. The Hall–Kier alpha value is -1.70. The number of ether oxygens (including phenoxy) is 5. The van der Waals surface area contributed by atoms with Crippen LogP contribution in [0, 0.1) is 0 Å². The highest BCUT2D eigenvalue weighted by Gasteiger charge is 2.29. The summed E-state index contributed by atoms with van der Waals surface area (Å²) in [5.74, 6) is -0.567. The van der Waals surface area contributed by atoms with E-state index in [0.717, 1.165) is 19.3 Å². The molecule has 1 aliphatic heterocycles. The maximum atomic E-state index is 11.8. The SMILES string of the molecule is CCOC(=O)C[C@@H]1O[C@@H](/C=C/CCC[C@H](C)OC(C)=O)C=C[C@@H]1OCOC. The lowest BCUT2D eigenvalue weighted by Gasteiger charge is -2.30. The van der Waals surface area contributed by atoms with Gasteiger partial charge in [0.25, 0.3) is 0 Å². The van der Waals surface area contributed by atoms with Crippen LogP contribution in [-0.2, 0) is 33.3 Å². The van der Waals surface area contributed by atoms with Crippen LogP contribution < -0.4 is 0 Å². The van der Waals surface area contributed by atoms with Crippen LogP contribution in [0.4, 0.5) is 0 Å². The van der Waals surface area contributed by atoms with Crippen molar-refractivity contribution in [1.29, 1.82) is 0 Å². The summed E-state index contributed by atoms with van der Waals surface area (Å²) in [6.45, 7) is 5.53. The number of carbonyl (C=O) groups excluding carboxylic acids is 2. The van der Waals surface area contributed by atoms with Crippen molar-refractivity contribution in [2.75, 3.05) is 20.5 Å². The van der Waals surface area contributed by atoms with Gasteiger partial charge in [-0.15, -0.1) is 0 Å². The van der Waals surface area contributed by atoms with Gasteiger partial charge in [0.15, 0.2) is 0 Å². The molecule has 0 aromatic carbocycles. The van der Waals surface area contributed by atoms with Crippen LogP contribution in [0.5, 0.6) is 0 Å². The summed E-state index contributed by atoms with van der Waals surface area (Å²) in [5, 5.41) is 0. The number of esters is 2. The lowest BCUT2D eigenvalue weighted by Crippen LogP contribution is -2.38. The molecule has 7 nitrogen and oxygen atoms in total. The van der Waals surface area contributed by atoms with E-state index in [4.69, 9.17) is 23.7 Å². The Morgan fingerprint density at radius 3 is 2.74 bits per heavy atom. The number of hydrogen-bond donors (Lipinski definition) is 0. The molecule has 0 bridgehead atoms. The Labute approximate surface area is 161 Å². The van der Waals surface area contributed by atoms with E-state index in [1.54, 1.807) is 14.0 Å². The van der Waals surface area contributed by atoms with Gasteiger partial charge in [0.05, 0.1) is 31.3 Å². The summed E-state index contributed by atoms with van der Waals surface area (Å²) < 4.78 is 26.6. The van der Waals surface area contributed by atoms with Gasteiger partial charge in [-0.1, -0.05) is 24.3 Å². The van der Waals surface area contributed by atoms with Crippen LogP contribution in [0.3, 0.4) is 0 Å². The molecule has 0 N–H and O–H groups in total. The van der Waals surface area contributed by atoms with Crippen LogP contribution in [0.1, 0.15) is 46.5 Å². The van der Waals surface area contributed by atoms with Crippen molar-refractivity contribution in [2.24, 2.45) is 0 Å². The van der Waals surface area contributed by atoms with Crippen LogP contribution in [0.25, 0.3) is 0 Å². The quantitative estimate of drug-likeness (QED) is 0.221. The maximum Gasteiger partial charge on any atom is 0.308 e. The van der Waals surface area contributed by atoms with Gasteiger partial charge >= 0.3 is 11.9 Å². The van der Waals surface area contributed by atoms with E-state index < -0.39 is 6.10 Å². The fourth-order valence-electron chi connectivity index (χ4n) is 2.73. The third-order valence-electron chi connectivity index (χ3n) is 3.91. The monoisotopic (exact) mass is 384 g/mol. The highest BCUT2D eigenvalue weighted by Crippen LogP contribution is 2.20. The molecule has 0 saturated carbocycles. The van der Waals surface area contributed by atoms with E-state index in [1.165, 1.54) is 6.92 Å². The number of allylic oxidation sites excluding steroid dienone is 1. The van der Waals surface area contributed by atoms with Gasteiger partial charge in [-0.3, -0.25) is 9.59 Å². The standard InChI is InChI=1S/C20H32O7/c1-5-24-20(22)13-19-18(25-14-23-4)12-11-17(27-19)10-8-6-7-9-15(2)26-16(3)21/h8,10-12,15,17-19H,5-7,9,13-14H2,1-4H3/b10-8+/t15-,17-,18-,19-/m0/s1.